The number of fused-ring (bicyclic) bond motifs is 1. The summed E-state index contributed by atoms with van der Waals surface area (Å²) in [5.41, 5.74) is 2.35. The standard InChI is InChI=1S/C22H25N7O/c1-3-5-18-14-20(24-22-26-25-19(4-2)29(18)22)27-10-12-28(13-11-27)21(30)17-8-6-16(15-23)7-9-17/h6-9,14H,3-5,10-13H2,1-2H3. The van der Waals surface area contributed by atoms with Gasteiger partial charge in [-0.3, -0.25) is 9.20 Å². The molecule has 0 N–H and O–H groups in total. The Hall–Kier alpha value is -3.47. The molecule has 154 valence electrons. The molecule has 30 heavy (non-hydrogen) atoms. The molecule has 1 amide bonds. The van der Waals surface area contributed by atoms with Crippen molar-refractivity contribution in [1.29, 1.82) is 5.26 Å². The quantitative estimate of drug-likeness (QED) is 0.650. The van der Waals surface area contributed by atoms with Crippen LogP contribution in [0.25, 0.3) is 5.78 Å². The lowest BCUT2D eigenvalue weighted by atomic mass is 10.1. The molecule has 2 aromatic heterocycles. The van der Waals surface area contributed by atoms with Crippen molar-refractivity contribution in [3.8, 4) is 6.07 Å². The van der Waals surface area contributed by atoms with Gasteiger partial charge in [-0.25, -0.2) is 0 Å². The first-order chi connectivity index (χ1) is 14.6. The number of hydrogen-bond acceptors (Lipinski definition) is 6. The molecule has 3 heterocycles. The molecule has 0 spiro atoms. The molecule has 1 fully saturated rings. The van der Waals surface area contributed by atoms with Crippen LogP contribution in [0.3, 0.4) is 0 Å². The van der Waals surface area contributed by atoms with Gasteiger partial charge in [0.25, 0.3) is 11.7 Å². The monoisotopic (exact) mass is 403 g/mol. The fourth-order valence-corrected chi connectivity index (χ4v) is 3.86. The van der Waals surface area contributed by atoms with E-state index in [4.69, 9.17) is 10.2 Å². The fourth-order valence-electron chi connectivity index (χ4n) is 3.86. The van der Waals surface area contributed by atoms with E-state index in [1.165, 1.54) is 5.69 Å². The zero-order valence-electron chi connectivity index (χ0n) is 17.4. The molecule has 3 aromatic rings. The molecule has 0 bridgehead atoms. The maximum Gasteiger partial charge on any atom is 0.257 e. The SMILES string of the molecule is CCCc1cc(N2CCN(C(=O)c3ccc(C#N)cc3)CC2)nc2nnc(CC)n12. The Balaban J connectivity index is 1.50. The van der Waals surface area contributed by atoms with Crippen molar-refractivity contribution < 1.29 is 4.79 Å². The van der Waals surface area contributed by atoms with E-state index >= 15 is 0 Å². The minimum Gasteiger partial charge on any atom is -0.353 e. The first-order valence-electron chi connectivity index (χ1n) is 10.4. The molecule has 8 nitrogen and oxygen atoms in total. The predicted molar refractivity (Wildman–Crippen MR) is 113 cm³/mol. The highest BCUT2D eigenvalue weighted by atomic mass is 16.2. The Kier molecular flexibility index (Phi) is 5.61. The second-order valence-electron chi connectivity index (χ2n) is 7.43. The number of aryl methyl sites for hydroxylation is 2. The van der Waals surface area contributed by atoms with Gasteiger partial charge < -0.3 is 9.80 Å². The topological polar surface area (TPSA) is 90.4 Å². The van der Waals surface area contributed by atoms with Crippen LogP contribution in [-0.2, 0) is 12.8 Å². The third kappa shape index (κ3) is 3.71. The number of rotatable bonds is 5. The smallest absolute Gasteiger partial charge is 0.257 e. The number of carbonyl (C=O) groups is 1. The summed E-state index contributed by atoms with van der Waals surface area (Å²) >= 11 is 0. The molecule has 8 heteroatoms. The third-order valence-corrected chi connectivity index (χ3v) is 5.48. The van der Waals surface area contributed by atoms with Crippen LogP contribution in [-0.4, -0.2) is 56.6 Å². The van der Waals surface area contributed by atoms with E-state index < -0.39 is 0 Å². The third-order valence-electron chi connectivity index (χ3n) is 5.48. The van der Waals surface area contributed by atoms with E-state index in [0.717, 1.165) is 30.9 Å². The predicted octanol–water partition coefficient (Wildman–Crippen LogP) is 2.47. The molecule has 0 saturated carbocycles. The van der Waals surface area contributed by atoms with Crippen LogP contribution in [0.15, 0.2) is 30.3 Å². The number of carbonyl (C=O) groups excluding carboxylic acids is 1. The number of nitrogens with zero attached hydrogens (tertiary/aromatic N) is 7. The van der Waals surface area contributed by atoms with Gasteiger partial charge in [0.2, 0.25) is 0 Å². The highest BCUT2D eigenvalue weighted by Crippen LogP contribution is 2.20. The normalized spacial score (nSPS) is 14.2. The summed E-state index contributed by atoms with van der Waals surface area (Å²) in [7, 11) is 0. The van der Waals surface area contributed by atoms with Gasteiger partial charge in [0.15, 0.2) is 0 Å². The Morgan fingerprint density at radius 3 is 2.47 bits per heavy atom. The largest absolute Gasteiger partial charge is 0.353 e. The zero-order chi connectivity index (χ0) is 21.1. The van der Waals surface area contributed by atoms with E-state index in [9.17, 15) is 4.79 Å². The maximum absolute atomic E-state index is 12.8. The number of piperazine rings is 1. The lowest BCUT2D eigenvalue weighted by Gasteiger charge is -2.35. The molecule has 1 aromatic carbocycles. The fraction of sp³-hybridized carbons (Fsp3) is 0.409. The Morgan fingerprint density at radius 2 is 1.83 bits per heavy atom. The van der Waals surface area contributed by atoms with Gasteiger partial charge in [0.05, 0.1) is 11.6 Å². The number of benzene rings is 1. The number of nitriles is 1. The summed E-state index contributed by atoms with van der Waals surface area (Å²) in [4.78, 5) is 21.6. The summed E-state index contributed by atoms with van der Waals surface area (Å²) in [6.45, 7) is 6.92. The van der Waals surface area contributed by atoms with E-state index in [1.54, 1.807) is 24.3 Å². The van der Waals surface area contributed by atoms with Gasteiger partial charge in [-0.15, -0.1) is 10.2 Å². The lowest BCUT2D eigenvalue weighted by molar-refractivity contribution is 0.0746. The van der Waals surface area contributed by atoms with Gasteiger partial charge in [-0.05, 0) is 30.7 Å². The summed E-state index contributed by atoms with van der Waals surface area (Å²) in [6, 6.07) is 11.0. The van der Waals surface area contributed by atoms with Crippen LogP contribution in [0, 0.1) is 11.3 Å². The molecule has 0 radical (unpaired) electrons. The number of amides is 1. The van der Waals surface area contributed by atoms with E-state index in [2.05, 4.69) is 45.5 Å². The van der Waals surface area contributed by atoms with Crippen LogP contribution in [0.1, 0.15) is 47.7 Å². The van der Waals surface area contributed by atoms with Gasteiger partial charge in [0.1, 0.15) is 11.6 Å². The molecule has 1 saturated heterocycles. The van der Waals surface area contributed by atoms with E-state index in [-0.39, 0.29) is 5.91 Å². The number of anilines is 1. The average Bonchev–Trinajstić information content (AvgIpc) is 3.22. The Labute approximate surface area is 175 Å². The molecule has 0 aliphatic carbocycles. The van der Waals surface area contributed by atoms with E-state index in [1.807, 2.05) is 4.90 Å². The van der Waals surface area contributed by atoms with Crippen LogP contribution in [0.4, 0.5) is 5.82 Å². The molecule has 0 unspecified atom stereocenters. The Bertz CT molecular complexity index is 1090. The average molecular weight is 403 g/mol. The van der Waals surface area contributed by atoms with Crippen LogP contribution in [0.2, 0.25) is 0 Å². The highest BCUT2D eigenvalue weighted by Gasteiger charge is 2.24. The van der Waals surface area contributed by atoms with Crippen LogP contribution in [0.5, 0.6) is 0 Å². The second kappa shape index (κ2) is 8.49. The maximum atomic E-state index is 12.8. The Morgan fingerprint density at radius 1 is 1.10 bits per heavy atom. The lowest BCUT2D eigenvalue weighted by Crippen LogP contribution is -2.49. The number of aromatic nitrogens is 4. The summed E-state index contributed by atoms with van der Waals surface area (Å²) in [5, 5.41) is 17.5. The van der Waals surface area contributed by atoms with Crippen molar-refractivity contribution in [2.24, 2.45) is 0 Å². The minimum absolute atomic E-state index is 0.000678. The molecule has 1 aliphatic rings. The first kappa shape index (κ1) is 19.8. The van der Waals surface area contributed by atoms with Gasteiger partial charge >= 0.3 is 0 Å². The second-order valence-corrected chi connectivity index (χ2v) is 7.43. The van der Waals surface area contributed by atoms with Crippen molar-refractivity contribution in [2.75, 3.05) is 31.1 Å². The van der Waals surface area contributed by atoms with Crippen molar-refractivity contribution in [2.45, 2.75) is 33.1 Å². The van der Waals surface area contributed by atoms with Crippen molar-refractivity contribution >= 4 is 17.5 Å². The van der Waals surface area contributed by atoms with E-state index in [0.29, 0.717) is 43.1 Å². The molecule has 4 rings (SSSR count). The summed E-state index contributed by atoms with van der Waals surface area (Å²) < 4.78 is 2.07. The first-order valence-corrected chi connectivity index (χ1v) is 10.4. The van der Waals surface area contributed by atoms with Crippen molar-refractivity contribution in [3.63, 3.8) is 0 Å². The molecular weight excluding hydrogens is 378 g/mol. The highest BCUT2D eigenvalue weighted by molar-refractivity contribution is 5.94. The molecule has 1 aliphatic heterocycles. The van der Waals surface area contributed by atoms with Gasteiger partial charge in [-0.1, -0.05) is 20.3 Å². The van der Waals surface area contributed by atoms with Crippen LogP contribution < -0.4 is 4.90 Å². The van der Waals surface area contributed by atoms with Gasteiger partial charge in [0, 0.05) is 49.9 Å². The summed E-state index contributed by atoms with van der Waals surface area (Å²) in [5.74, 6) is 2.47. The molecule has 0 atom stereocenters. The van der Waals surface area contributed by atoms with Crippen molar-refractivity contribution in [1.82, 2.24) is 24.5 Å². The zero-order valence-corrected chi connectivity index (χ0v) is 17.4. The van der Waals surface area contributed by atoms with Crippen molar-refractivity contribution in [3.05, 3.63) is 53.0 Å². The van der Waals surface area contributed by atoms with Gasteiger partial charge in [-0.2, -0.15) is 10.2 Å². The minimum atomic E-state index is -0.000678. The number of hydrogen-bond donors (Lipinski definition) is 0. The van der Waals surface area contributed by atoms with Crippen LogP contribution >= 0.6 is 0 Å². The summed E-state index contributed by atoms with van der Waals surface area (Å²) in [6.07, 6.45) is 2.79. The molecular formula is C22H25N7O.